The standard InChI is InChI=1S/C12H13Cl2N3O2S/c1-7(9-3-4-10(13)11(14)5-9)17-20(18,19)12-6-15-8(2)16-12/h3-7,17H,1-2H3,(H,15,16). The van der Waals surface area contributed by atoms with Gasteiger partial charge in [0.15, 0.2) is 5.03 Å². The van der Waals surface area contributed by atoms with Crippen LogP contribution >= 0.6 is 23.2 Å². The average Bonchev–Trinajstić information content (AvgIpc) is 2.79. The highest BCUT2D eigenvalue weighted by molar-refractivity contribution is 7.89. The van der Waals surface area contributed by atoms with Crippen LogP contribution in [0.5, 0.6) is 0 Å². The van der Waals surface area contributed by atoms with Crippen LogP contribution in [0.15, 0.2) is 29.4 Å². The number of benzene rings is 1. The zero-order chi connectivity index (χ0) is 14.9. The van der Waals surface area contributed by atoms with E-state index >= 15 is 0 Å². The van der Waals surface area contributed by atoms with Gasteiger partial charge in [0.2, 0.25) is 0 Å². The first-order valence-electron chi connectivity index (χ1n) is 5.78. The molecule has 0 saturated heterocycles. The summed E-state index contributed by atoms with van der Waals surface area (Å²) >= 11 is 11.8. The average molecular weight is 334 g/mol. The van der Waals surface area contributed by atoms with Gasteiger partial charge < -0.3 is 4.98 Å². The van der Waals surface area contributed by atoms with Crippen molar-refractivity contribution in [1.82, 2.24) is 14.7 Å². The molecule has 1 unspecified atom stereocenters. The maximum absolute atomic E-state index is 12.1. The molecular weight excluding hydrogens is 321 g/mol. The van der Waals surface area contributed by atoms with Crippen molar-refractivity contribution in [1.29, 1.82) is 0 Å². The fourth-order valence-electron chi connectivity index (χ4n) is 1.68. The van der Waals surface area contributed by atoms with Crippen molar-refractivity contribution in [2.75, 3.05) is 0 Å². The van der Waals surface area contributed by atoms with Gasteiger partial charge in [0.1, 0.15) is 5.82 Å². The normalized spacial score (nSPS) is 13.4. The van der Waals surface area contributed by atoms with Crippen LogP contribution in [0, 0.1) is 6.92 Å². The molecule has 2 aromatic rings. The second-order valence-electron chi connectivity index (χ2n) is 4.35. The van der Waals surface area contributed by atoms with Gasteiger partial charge in [-0.3, -0.25) is 0 Å². The molecule has 1 heterocycles. The zero-order valence-electron chi connectivity index (χ0n) is 10.8. The van der Waals surface area contributed by atoms with Crippen molar-refractivity contribution in [3.8, 4) is 0 Å². The van der Waals surface area contributed by atoms with Gasteiger partial charge in [-0.1, -0.05) is 29.3 Å². The van der Waals surface area contributed by atoms with Crippen molar-refractivity contribution in [3.05, 3.63) is 45.8 Å². The molecule has 0 bridgehead atoms. The van der Waals surface area contributed by atoms with E-state index in [2.05, 4.69) is 14.7 Å². The summed E-state index contributed by atoms with van der Waals surface area (Å²) in [4.78, 5) is 6.56. The zero-order valence-corrected chi connectivity index (χ0v) is 13.1. The summed E-state index contributed by atoms with van der Waals surface area (Å²) in [6.45, 7) is 3.40. The lowest BCUT2D eigenvalue weighted by atomic mass is 10.1. The molecule has 0 saturated carbocycles. The Balaban J connectivity index is 2.22. The van der Waals surface area contributed by atoms with E-state index in [1.165, 1.54) is 6.20 Å². The Morgan fingerprint density at radius 3 is 2.55 bits per heavy atom. The Bertz CT molecular complexity index is 728. The van der Waals surface area contributed by atoms with Gasteiger partial charge >= 0.3 is 0 Å². The lowest BCUT2D eigenvalue weighted by molar-refractivity contribution is 0.563. The third-order valence-electron chi connectivity index (χ3n) is 2.74. The first-order chi connectivity index (χ1) is 9.29. The van der Waals surface area contributed by atoms with Crippen LogP contribution < -0.4 is 4.72 Å². The molecule has 0 radical (unpaired) electrons. The quantitative estimate of drug-likeness (QED) is 0.902. The molecule has 8 heteroatoms. The molecule has 0 aliphatic rings. The number of nitrogens with one attached hydrogen (secondary N) is 2. The molecule has 0 amide bonds. The molecule has 1 atom stereocenters. The fourth-order valence-corrected chi connectivity index (χ4v) is 3.19. The van der Waals surface area contributed by atoms with Crippen LogP contribution in [0.2, 0.25) is 10.0 Å². The van der Waals surface area contributed by atoms with E-state index in [0.29, 0.717) is 15.9 Å². The molecule has 108 valence electrons. The predicted octanol–water partition coefficient (Wildman–Crippen LogP) is 3.06. The Morgan fingerprint density at radius 2 is 2.00 bits per heavy atom. The number of hydrogen-bond acceptors (Lipinski definition) is 3. The first-order valence-corrected chi connectivity index (χ1v) is 8.02. The minimum atomic E-state index is -3.65. The summed E-state index contributed by atoms with van der Waals surface area (Å²) in [5, 5.41) is 0.837. The molecule has 2 rings (SSSR count). The molecule has 2 N–H and O–H groups in total. The number of rotatable bonds is 4. The summed E-state index contributed by atoms with van der Waals surface area (Å²) in [5.74, 6) is 0.535. The van der Waals surface area contributed by atoms with Gasteiger partial charge in [-0.25, -0.2) is 18.1 Å². The van der Waals surface area contributed by atoms with Gasteiger partial charge in [-0.15, -0.1) is 0 Å². The van der Waals surface area contributed by atoms with Crippen LogP contribution in [0.4, 0.5) is 0 Å². The molecule has 0 aliphatic heterocycles. The van der Waals surface area contributed by atoms with Gasteiger partial charge in [0, 0.05) is 6.04 Å². The van der Waals surface area contributed by atoms with Crippen molar-refractivity contribution in [3.63, 3.8) is 0 Å². The predicted molar refractivity (Wildman–Crippen MR) is 78.5 cm³/mol. The number of halogens is 2. The van der Waals surface area contributed by atoms with Crippen molar-refractivity contribution >= 4 is 33.2 Å². The highest BCUT2D eigenvalue weighted by Gasteiger charge is 2.20. The monoisotopic (exact) mass is 333 g/mol. The van der Waals surface area contributed by atoms with E-state index in [-0.39, 0.29) is 5.03 Å². The minimum Gasteiger partial charge on any atom is -0.332 e. The Labute approximate surface area is 127 Å². The number of sulfonamides is 1. The van der Waals surface area contributed by atoms with E-state index in [1.54, 1.807) is 32.0 Å². The lowest BCUT2D eigenvalue weighted by Crippen LogP contribution is -2.27. The summed E-state index contributed by atoms with van der Waals surface area (Å²) in [6, 6.07) is 4.54. The van der Waals surface area contributed by atoms with Crippen LogP contribution in [-0.2, 0) is 10.0 Å². The van der Waals surface area contributed by atoms with E-state index in [9.17, 15) is 8.42 Å². The molecule has 1 aromatic carbocycles. The van der Waals surface area contributed by atoms with E-state index in [0.717, 1.165) is 5.56 Å². The van der Waals surface area contributed by atoms with Crippen LogP contribution in [0.25, 0.3) is 0 Å². The molecular formula is C12H13Cl2N3O2S. The van der Waals surface area contributed by atoms with Gasteiger partial charge in [0.05, 0.1) is 16.2 Å². The first kappa shape index (κ1) is 15.3. The largest absolute Gasteiger partial charge is 0.332 e. The van der Waals surface area contributed by atoms with Crippen molar-refractivity contribution in [2.24, 2.45) is 0 Å². The molecule has 1 aromatic heterocycles. The third-order valence-corrected chi connectivity index (χ3v) is 4.93. The van der Waals surface area contributed by atoms with E-state index < -0.39 is 16.1 Å². The maximum atomic E-state index is 12.1. The number of imidazole rings is 1. The minimum absolute atomic E-state index is 0.0295. The SMILES string of the molecule is Cc1ncc(S(=O)(=O)NC(C)c2ccc(Cl)c(Cl)c2)[nH]1. The molecule has 5 nitrogen and oxygen atoms in total. The molecule has 0 spiro atoms. The number of H-pyrrole nitrogens is 1. The van der Waals surface area contributed by atoms with Crippen LogP contribution in [0.1, 0.15) is 24.4 Å². The summed E-state index contributed by atoms with van der Waals surface area (Å²) in [7, 11) is -3.65. The summed E-state index contributed by atoms with van der Waals surface area (Å²) in [6.07, 6.45) is 1.28. The number of hydrogen-bond donors (Lipinski definition) is 2. The van der Waals surface area contributed by atoms with Gasteiger partial charge in [-0.2, -0.15) is 0 Å². The Morgan fingerprint density at radius 1 is 1.30 bits per heavy atom. The second kappa shape index (κ2) is 5.73. The number of aromatic nitrogens is 2. The molecule has 0 fully saturated rings. The number of aromatic amines is 1. The third kappa shape index (κ3) is 3.32. The van der Waals surface area contributed by atoms with Gasteiger partial charge in [-0.05, 0) is 31.5 Å². The fraction of sp³-hybridized carbons (Fsp3) is 0.250. The topological polar surface area (TPSA) is 74.8 Å². The number of aryl methyl sites for hydroxylation is 1. The smallest absolute Gasteiger partial charge is 0.258 e. The molecule has 0 aliphatic carbocycles. The second-order valence-corrected chi connectivity index (χ2v) is 6.85. The lowest BCUT2D eigenvalue weighted by Gasteiger charge is -2.14. The number of nitrogens with zero attached hydrogens (tertiary/aromatic N) is 1. The van der Waals surface area contributed by atoms with E-state index in [4.69, 9.17) is 23.2 Å². The highest BCUT2D eigenvalue weighted by atomic mass is 35.5. The summed E-state index contributed by atoms with van der Waals surface area (Å²) < 4.78 is 26.8. The Hall–Kier alpha value is -1.08. The van der Waals surface area contributed by atoms with Crippen molar-refractivity contribution in [2.45, 2.75) is 24.9 Å². The van der Waals surface area contributed by atoms with E-state index in [1.807, 2.05) is 0 Å². The highest BCUT2D eigenvalue weighted by Crippen LogP contribution is 2.26. The van der Waals surface area contributed by atoms with Crippen LogP contribution in [-0.4, -0.2) is 18.4 Å². The van der Waals surface area contributed by atoms with Crippen molar-refractivity contribution < 1.29 is 8.42 Å². The molecule has 20 heavy (non-hydrogen) atoms. The van der Waals surface area contributed by atoms with Crippen LogP contribution in [0.3, 0.4) is 0 Å². The maximum Gasteiger partial charge on any atom is 0.258 e. The van der Waals surface area contributed by atoms with Gasteiger partial charge in [0.25, 0.3) is 10.0 Å². The Kier molecular flexibility index (Phi) is 4.39. The summed E-state index contributed by atoms with van der Waals surface area (Å²) in [5.41, 5.74) is 0.721.